The largest absolute Gasteiger partial charge is 0.383 e. The number of nitrogens with one attached hydrogen (secondary N) is 2. The molecule has 2 heterocycles. The van der Waals surface area contributed by atoms with Crippen molar-refractivity contribution in [2.75, 3.05) is 23.3 Å². The Morgan fingerprint density at radius 3 is 2.86 bits per heavy atom. The number of unbranched alkanes of at least 4 members (excludes halogenated alkanes) is 1. The van der Waals surface area contributed by atoms with Crippen molar-refractivity contribution in [3.8, 4) is 0 Å². The fourth-order valence-electron chi connectivity index (χ4n) is 2.55. The van der Waals surface area contributed by atoms with Gasteiger partial charge in [0.1, 0.15) is 11.5 Å². The van der Waals surface area contributed by atoms with Gasteiger partial charge in [0, 0.05) is 17.8 Å². The van der Waals surface area contributed by atoms with E-state index in [4.69, 9.17) is 5.73 Å². The summed E-state index contributed by atoms with van der Waals surface area (Å²) in [6, 6.07) is 0. The summed E-state index contributed by atoms with van der Waals surface area (Å²) in [4.78, 5) is 26.2. The molecule has 118 valence electrons. The van der Waals surface area contributed by atoms with E-state index >= 15 is 0 Å². The minimum absolute atomic E-state index is 0.128. The van der Waals surface area contributed by atoms with Crippen LogP contribution in [0.3, 0.4) is 0 Å². The van der Waals surface area contributed by atoms with Gasteiger partial charge in [0.05, 0.1) is 0 Å². The lowest BCUT2D eigenvalue weighted by atomic mass is 10.1. The predicted octanol–water partition coefficient (Wildman–Crippen LogP) is 1.62. The smallest absolute Gasteiger partial charge is 0.330 e. The molecule has 1 aromatic heterocycles. The third-order valence-electron chi connectivity index (χ3n) is 3.91. The molecule has 0 aromatic carbocycles. The molecule has 0 saturated carbocycles. The molecule has 1 fully saturated rings. The first kappa shape index (κ1) is 16.0. The third kappa shape index (κ3) is 3.64. The van der Waals surface area contributed by atoms with E-state index in [1.165, 1.54) is 11.0 Å². The normalized spacial score (nSPS) is 21.6. The Kier molecular flexibility index (Phi) is 5.03. The average molecular weight is 312 g/mol. The molecule has 0 spiro atoms. The van der Waals surface area contributed by atoms with E-state index in [9.17, 15) is 9.59 Å². The monoisotopic (exact) mass is 312 g/mol. The fraction of sp³-hybridized carbons (Fsp3) is 0.714. The zero-order valence-corrected chi connectivity index (χ0v) is 13.5. The SMILES string of the molecule is CCCCn1c(N)c(NCC2(C)CCCS2)c(=O)[nH]c1=O. The second kappa shape index (κ2) is 6.60. The third-order valence-corrected chi connectivity index (χ3v) is 5.45. The summed E-state index contributed by atoms with van der Waals surface area (Å²) in [6.45, 7) is 5.44. The Hall–Kier alpha value is -1.37. The summed E-state index contributed by atoms with van der Waals surface area (Å²) in [5, 5.41) is 3.16. The van der Waals surface area contributed by atoms with Gasteiger partial charge >= 0.3 is 5.69 Å². The highest BCUT2D eigenvalue weighted by Crippen LogP contribution is 2.37. The van der Waals surface area contributed by atoms with Crippen molar-refractivity contribution in [3.05, 3.63) is 20.8 Å². The lowest BCUT2D eigenvalue weighted by Crippen LogP contribution is -2.36. The van der Waals surface area contributed by atoms with Crippen LogP contribution in [-0.4, -0.2) is 26.6 Å². The van der Waals surface area contributed by atoms with Crippen LogP contribution in [0.2, 0.25) is 0 Å². The van der Waals surface area contributed by atoms with E-state index in [2.05, 4.69) is 17.2 Å². The highest BCUT2D eigenvalue weighted by Gasteiger charge is 2.29. The lowest BCUT2D eigenvalue weighted by Gasteiger charge is -2.24. The topological polar surface area (TPSA) is 92.9 Å². The molecule has 7 heteroatoms. The first-order valence-corrected chi connectivity index (χ1v) is 8.46. The van der Waals surface area contributed by atoms with E-state index in [0.717, 1.165) is 25.0 Å². The van der Waals surface area contributed by atoms with Crippen molar-refractivity contribution in [1.82, 2.24) is 9.55 Å². The van der Waals surface area contributed by atoms with Crippen LogP contribution in [0.5, 0.6) is 0 Å². The molecule has 0 amide bonds. The van der Waals surface area contributed by atoms with E-state index in [-0.39, 0.29) is 10.6 Å². The van der Waals surface area contributed by atoms with E-state index in [0.29, 0.717) is 18.8 Å². The summed E-state index contributed by atoms with van der Waals surface area (Å²) in [5.74, 6) is 1.39. The number of nitrogens with zero attached hydrogens (tertiary/aromatic N) is 1. The molecule has 4 N–H and O–H groups in total. The van der Waals surface area contributed by atoms with Crippen LogP contribution in [0.25, 0.3) is 0 Å². The Morgan fingerprint density at radius 1 is 1.48 bits per heavy atom. The summed E-state index contributed by atoms with van der Waals surface area (Å²) in [6.07, 6.45) is 4.13. The molecule has 0 radical (unpaired) electrons. The zero-order chi connectivity index (χ0) is 15.5. The van der Waals surface area contributed by atoms with Gasteiger partial charge in [-0.1, -0.05) is 13.3 Å². The summed E-state index contributed by atoms with van der Waals surface area (Å²) >= 11 is 1.91. The Balaban J connectivity index is 2.22. The van der Waals surface area contributed by atoms with Crippen LogP contribution in [0.15, 0.2) is 9.59 Å². The molecule has 6 nitrogen and oxygen atoms in total. The highest BCUT2D eigenvalue weighted by atomic mass is 32.2. The Bertz CT molecular complexity index is 602. The van der Waals surface area contributed by atoms with E-state index in [1.807, 2.05) is 18.7 Å². The lowest BCUT2D eigenvalue weighted by molar-refractivity contribution is 0.603. The highest BCUT2D eigenvalue weighted by molar-refractivity contribution is 8.00. The van der Waals surface area contributed by atoms with Gasteiger partial charge in [-0.05, 0) is 31.9 Å². The number of nitrogens with two attached hydrogens (primary N) is 1. The number of anilines is 2. The molecule has 1 saturated heterocycles. The molecular formula is C14H24N4O2S. The van der Waals surface area contributed by atoms with Crippen LogP contribution >= 0.6 is 11.8 Å². The molecular weight excluding hydrogens is 288 g/mol. The number of hydrogen-bond acceptors (Lipinski definition) is 5. The molecule has 1 unspecified atom stereocenters. The molecule has 1 aliphatic rings. The first-order chi connectivity index (χ1) is 9.97. The van der Waals surface area contributed by atoms with Crippen LogP contribution < -0.4 is 22.3 Å². The molecule has 1 atom stereocenters. The quantitative estimate of drug-likeness (QED) is 0.742. The van der Waals surface area contributed by atoms with Gasteiger partial charge in [-0.25, -0.2) is 4.79 Å². The predicted molar refractivity (Wildman–Crippen MR) is 89.2 cm³/mol. The Morgan fingerprint density at radius 2 is 2.24 bits per heavy atom. The first-order valence-electron chi connectivity index (χ1n) is 7.47. The van der Waals surface area contributed by atoms with Crippen LogP contribution in [0, 0.1) is 0 Å². The van der Waals surface area contributed by atoms with Crippen molar-refractivity contribution in [2.45, 2.75) is 50.8 Å². The van der Waals surface area contributed by atoms with Crippen LogP contribution in [0.4, 0.5) is 11.5 Å². The van der Waals surface area contributed by atoms with Gasteiger partial charge in [0.2, 0.25) is 0 Å². The van der Waals surface area contributed by atoms with Crippen molar-refractivity contribution in [1.29, 1.82) is 0 Å². The minimum atomic E-state index is -0.433. The van der Waals surface area contributed by atoms with Gasteiger partial charge in [-0.3, -0.25) is 14.3 Å². The number of thioether (sulfide) groups is 1. The average Bonchev–Trinajstić information content (AvgIpc) is 2.85. The maximum Gasteiger partial charge on any atom is 0.330 e. The van der Waals surface area contributed by atoms with Crippen molar-refractivity contribution >= 4 is 23.3 Å². The second-order valence-electron chi connectivity index (χ2n) is 5.78. The number of aromatic nitrogens is 2. The van der Waals surface area contributed by atoms with Gasteiger partial charge < -0.3 is 11.1 Å². The van der Waals surface area contributed by atoms with E-state index < -0.39 is 11.2 Å². The number of aromatic amines is 1. The van der Waals surface area contributed by atoms with Gasteiger partial charge in [0.25, 0.3) is 5.56 Å². The van der Waals surface area contributed by atoms with Crippen molar-refractivity contribution in [3.63, 3.8) is 0 Å². The molecule has 21 heavy (non-hydrogen) atoms. The van der Waals surface area contributed by atoms with E-state index in [1.54, 1.807) is 0 Å². The maximum absolute atomic E-state index is 12.0. The van der Waals surface area contributed by atoms with Crippen LogP contribution in [0.1, 0.15) is 39.5 Å². The number of hydrogen-bond donors (Lipinski definition) is 3. The Labute approximate surface area is 128 Å². The standard InChI is InChI=1S/C14H24N4O2S/c1-3-4-7-18-11(15)10(12(19)17-13(18)20)16-9-14(2)6-5-8-21-14/h16H,3-9,15H2,1-2H3,(H,17,19,20). The molecule has 0 bridgehead atoms. The molecule has 1 aromatic rings. The van der Waals surface area contributed by atoms with Gasteiger partial charge in [0.15, 0.2) is 0 Å². The maximum atomic E-state index is 12.0. The second-order valence-corrected chi connectivity index (χ2v) is 7.46. The summed E-state index contributed by atoms with van der Waals surface area (Å²) in [7, 11) is 0. The number of rotatable bonds is 6. The molecule has 2 rings (SSSR count). The summed E-state index contributed by atoms with van der Waals surface area (Å²) in [5.41, 5.74) is 5.48. The molecule has 0 aliphatic carbocycles. The van der Waals surface area contributed by atoms with Gasteiger partial charge in [-0.2, -0.15) is 11.8 Å². The van der Waals surface area contributed by atoms with Crippen molar-refractivity contribution in [2.24, 2.45) is 0 Å². The number of nitrogen functional groups attached to an aromatic ring is 1. The number of H-pyrrole nitrogens is 1. The molecule has 1 aliphatic heterocycles. The minimum Gasteiger partial charge on any atom is -0.383 e. The van der Waals surface area contributed by atoms with Gasteiger partial charge in [-0.15, -0.1) is 0 Å². The van der Waals surface area contributed by atoms with Crippen LogP contribution in [-0.2, 0) is 6.54 Å². The summed E-state index contributed by atoms with van der Waals surface area (Å²) < 4.78 is 1.57. The van der Waals surface area contributed by atoms with Crippen molar-refractivity contribution < 1.29 is 0 Å². The fourth-order valence-corrected chi connectivity index (χ4v) is 3.79. The zero-order valence-electron chi connectivity index (χ0n) is 12.7.